The van der Waals surface area contributed by atoms with Crippen LogP contribution in [0.1, 0.15) is 24.2 Å². The molecule has 4 aromatic rings. The fourth-order valence-corrected chi connectivity index (χ4v) is 5.63. The monoisotopic (exact) mass is 537 g/mol. The van der Waals surface area contributed by atoms with E-state index in [9.17, 15) is 13.2 Å². The van der Waals surface area contributed by atoms with E-state index in [0.29, 0.717) is 33.5 Å². The van der Waals surface area contributed by atoms with E-state index in [1.807, 2.05) is 6.07 Å². The summed E-state index contributed by atoms with van der Waals surface area (Å²) in [6.45, 7) is 1.53. The van der Waals surface area contributed by atoms with Gasteiger partial charge in [-0.1, -0.05) is 36.5 Å². The van der Waals surface area contributed by atoms with Gasteiger partial charge >= 0.3 is 0 Å². The SMILES string of the molecule is CCS(=O)(=O)c1ccccc1C(Oc1ccc(C#N)cc1)C(=O)Nc1nc2cc(OC)c(OC)cc2s1. The lowest BCUT2D eigenvalue weighted by Gasteiger charge is -2.21. The van der Waals surface area contributed by atoms with E-state index in [4.69, 9.17) is 19.5 Å². The molecule has 0 bridgehead atoms. The van der Waals surface area contributed by atoms with E-state index in [2.05, 4.69) is 10.3 Å². The second-order valence-corrected chi connectivity index (χ2v) is 11.0. The Morgan fingerprint density at radius 1 is 1.08 bits per heavy atom. The molecular formula is C26H23N3O6S2. The minimum Gasteiger partial charge on any atom is -0.493 e. The van der Waals surface area contributed by atoms with Gasteiger partial charge in [-0.25, -0.2) is 13.4 Å². The van der Waals surface area contributed by atoms with Crippen LogP contribution >= 0.6 is 11.3 Å². The van der Waals surface area contributed by atoms with Crippen molar-refractivity contribution in [3.8, 4) is 23.3 Å². The largest absolute Gasteiger partial charge is 0.493 e. The summed E-state index contributed by atoms with van der Waals surface area (Å²) in [5.41, 5.74) is 1.20. The van der Waals surface area contributed by atoms with Crippen LogP contribution in [-0.4, -0.2) is 39.3 Å². The number of carbonyl (C=O) groups is 1. The van der Waals surface area contributed by atoms with Gasteiger partial charge in [0.1, 0.15) is 5.75 Å². The van der Waals surface area contributed by atoms with Gasteiger partial charge in [0.05, 0.1) is 46.7 Å². The Balaban J connectivity index is 1.74. The maximum Gasteiger partial charge on any atom is 0.272 e. The number of benzene rings is 3. The van der Waals surface area contributed by atoms with E-state index in [1.54, 1.807) is 54.6 Å². The topological polar surface area (TPSA) is 128 Å². The van der Waals surface area contributed by atoms with Crippen molar-refractivity contribution in [2.24, 2.45) is 0 Å². The van der Waals surface area contributed by atoms with Gasteiger partial charge in [-0.3, -0.25) is 10.1 Å². The van der Waals surface area contributed by atoms with Crippen molar-refractivity contribution in [1.29, 1.82) is 5.26 Å². The first-order valence-electron chi connectivity index (χ1n) is 11.1. The lowest BCUT2D eigenvalue weighted by molar-refractivity contribution is -0.123. The van der Waals surface area contributed by atoms with Crippen LogP contribution in [0.4, 0.5) is 5.13 Å². The summed E-state index contributed by atoms with van der Waals surface area (Å²) in [6, 6.07) is 17.9. The zero-order valence-electron chi connectivity index (χ0n) is 20.2. The molecule has 0 aliphatic carbocycles. The third-order valence-corrected chi connectivity index (χ3v) is 8.25. The lowest BCUT2D eigenvalue weighted by Crippen LogP contribution is -2.27. The molecule has 0 spiro atoms. The van der Waals surface area contributed by atoms with Crippen LogP contribution in [0.5, 0.6) is 17.2 Å². The third kappa shape index (κ3) is 5.50. The van der Waals surface area contributed by atoms with Crippen molar-refractivity contribution in [2.75, 3.05) is 25.3 Å². The average molecular weight is 538 g/mol. The number of nitrogens with one attached hydrogen (secondary N) is 1. The molecule has 0 radical (unpaired) electrons. The first-order chi connectivity index (χ1) is 17.8. The summed E-state index contributed by atoms with van der Waals surface area (Å²) in [4.78, 5) is 18.0. The lowest BCUT2D eigenvalue weighted by atomic mass is 10.1. The molecule has 0 saturated heterocycles. The van der Waals surface area contributed by atoms with Crippen LogP contribution in [-0.2, 0) is 14.6 Å². The minimum absolute atomic E-state index is 0.00469. The molecule has 0 fully saturated rings. The van der Waals surface area contributed by atoms with Gasteiger partial charge in [-0.15, -0.1) is 0 Å². The molecule has 0 aliphatic heterocycles. The predicted octanol–water partition coefficient (Wildman–Crippen LogP) is 4.74. The van der Waals surface area contributed by atoms with Gasteiger partial charge in [-0.05, 0) is 30.3 Å². The highest BCUT2D eigenvalue weighted by Crippen LogP contribution is 2.37. The fraction of sp³-hybridized carbons (Fsp3) is 0.192. The normalized spacial score (nSPS) is 11.9. The first kappa shape index (κ1) is 25.9. The van der Waals surface area contributed by atoms with Gasteiger partial charge < -0.3 is 14.2 Å². The molecule has 190 valence electrons. The Hall–Kier alpha value is -4.14. The Bertz CT molecular complexity index is 1550. The summed E-state index contributed by atoms with van der Waals surface area (Å²) in [5.74, 6) is 0.565. The Labute approximate surface area is 218 Å². The summed E-state index contributed by atoms with van der Waals surface area (Å²) >= 11 is 1.22. The fourth-order valence-electron chi connectivity index (χ4n) is 3.62. The smallest absolute Gasteiger partial charge is 0.272 e. The van der Waals surface area contributed by atoms with Crippen molar-refractivity contribution >= 4 is 42.4 Å². The molecule has 11 heteroatoms. The first-order valence-corrected chi connectivity index (χ1v) is 13.6. The number of nitrogens with zero attached hydrogens (tertiary/aromatic N) is 2. The van der Waals surface area contributed by atoms with Gasteiger partial charge in [0.25, 0.3) is 5.91 Å². The Morgan fingerprint density at radius 2 is 1.76 bits per heavy atom. The molecule has 1 amide bonds. The van der Waals surface area contributed by atoms with Gasteiger partial charge in [-0.2, -0.15) is 5.26 Å². The van der Waals surface area contributed by atoms with Crippen LogP contribution in [0, 0.1) is 11.3 Å². The molecule has 1 atom stereocenters. The number of ether oxygens (including phenoxy) is 3. The molecule has 1 unspecified atom stereocenters. The molecule has 4 rings (SSSR count). The number of methoxy groups -OCH3 is 2. The number of fused-ring (bicyclic) bond motifs is 1. The van der Waals surface area contributed by atoms with Gasteiger partial charge in [0.2, 0.25) is 6.10 Å². The predicted molar refractivity (Wildman–Crippen MR) is 140 cm³/mol. The molecule has 0 saturated carbocycles. The van der Waals surface area contributed by atoms with Crippen molar-refractivity contribution in [1.82, 2.24) is 4.98 Å². The van der Waals surface area contributed by atoms with Crippen molar-refractivity contribution in [3.63, 3.8) is 0 Å². The van der Waals surface area contributed by atoms with Gasteiger partial charge in [0, 0.05) is 17.7 Å². The van der Waals surface area contributed by atoms with E-state index in [0.717, 1.165) is 4.70 Å². The zero-order valence-corrected chi connectivity index (χ0v) is 21.9. The molecule has 1 heterocycles. The quantitative estimate of drug-likeness (QED) is 0.324. The Kier molecular flexibility index (Phi) is 7.61. The number of anilines is 1. The summed E-state index contributed by atoms with van der Waals surface area (Å²) in [6.07, 6.45) is -1.32. The molecule has 9 nitrogen and oxygen atoms in total. The number of hydrogen-bond donors (Lipinski definition) is 1. The van der Waals surface area contributed by atoms with E-state index in [-0.39, 0.29) is 16.2 Å². The van der Waals surface area contributed by atoms with Crippen LogP contribution in [0.15, 0.2) is 65.6 Å². The third-order valence-electron chi connectivity index (χ3n) is 5.52. The highest BCUT2D eigenvalue weighted by atomic mass is 32.2. The Morgan fingerprint density at radius 3 is 2.41 bits per heavy atom. The maximum atomic E-state index is 13.6. The van der Waals surface area contributed by atoms with Crippen molar-refractivity contribution < 1.29 is 27.4 Å². The standard InChI is InChI=1S/C26H23N3O6S2/c1-4-37(31,32)23-8-6-5-7-18(23)24(35-17-11-9-16(15-27)10-12-17)25(30)29-26-28-19-13-20(33-2)21(34-3)14-22(19)36-26/h5-14,24H,4H2,1-3H3,(H,28,29,30). The molecule has 0 aliphatic rings. The summed E-state index contributed by atoms with van der Waals surface area (Å²) in [7, 11) is -0.615. The number of aromatic nitrogens is 1. The molecule has 37 heavy (non-hydrogen) atoms. The second kappa shape index (κ2) is 10.9. The zero-order chi connectivity index (χ0) is 26.6. The number of thiazole rings is 1. The number of hydrogen-bond acceptors (Lipinski definition) is 9. The van der Waals surface area contributed by atoms with Crippen LogP contribution in [0.2, 0.25) is 0 Å². The average Bonchev–Trinajstić information content (AvgIpc) is 3.31. The molecule has 1 aromatic heterocycles. The van der Waals surface area contributed by atoms with Crippen molar-refractivity contribution in [2.45, 2.75) is 17.9 Å². The maximum absolute atomic E-state index is 13.6. The summed E-state index contributed by atoms with van der Waals surface area (Å²) < 4.78 is 43.1. The number of sulfone groups is 1. The number of amides is 1. The van der Waals surface area contributed by atoms with Crippen LogP contribution < -0.4 is 19.5 Å². The molecule has 1 N–H and O–H groups in total. The number of nitriles is 1. The highest BCUT2D eigenvalue weighted by molar-refractivity contribution is 7.91. The highest BCUT2D eigenvalue weighted by Gasteiger charge is 2.30. The summed E-state index contributed by atoms with van der Waals surface area (Å²) in [5, 5.41) is 12.1. The van der Waals surface area contributed by atoms with Crippen LogP contribution in [0.3, 0.4) is 0 Å². The molecular weight excluding hydrogens is 514 g/mol. The number of rotatable bonds is 9. The minimum atomic E-state index is -3.66. The van der Waals surface area contributed by atoms with E-state index >= 15 is 0 Å². The second-order valence-electron chi connectivity index (χ2n) is 7.76. The molecule has 3 aromatic carbocycles. The van der Waals surface area contributed by atoms with Gasteiger partial charge in [0.15, 0.2) is 26.5 Å². The van der Waals surface area contributed by atoms with Crippen molar-refractivity contribution in [3.05, 3.63) is 71.8 Å². The van der Waals surface area contributed by atoms with E-state index < -0.39 is 21.8 Å². The number of carbonyl (C=O) groups excluding carboxylic acids is 1. The van der Waals surface area contributed by atoms with Crippen LogP contribution in [0.25, 0.3) is 10.2 Å². The van der Waals surface area contributed by atoms with E-state index in [1.165, 1.54) is 38.5 Å².